The van der Waals surface area contributed by atoms with E-state index in [2.05, 4.69) is 9.82 Å². The van der Waals surface area contributed by atoms with Gasteiger partial charge in [-0.1, -0.05) is 11.6 Å². The summed E-state index contributed by atoms with van der Waals surface area (Å²) in [4.78, 5) is 0.0347. The van der Waals surface area contributed by atoms with Crippen LogP contribution in [0.25, 0.3) is 0 Å². The van der Waals surface area contributed by atoms with Crippen molar-refractivity contribution in [3.05, 3.63) is 46.7 Å². The van der Waals surface area contributed by atoms with Crippen molar-refractivity contribution in [2.24, 2.45) is 7.05 Å². The maximum Gasteiger partial charge on any atom is 0.240 e. The van der Waals surface area contributed by atoms with Crippen molar-refractivity contribution < 1.29 is 8.42 Å². The Hall–Kier alpha value is -1.88. The predicted molar refractivity (Wildman–Crippen MR) is 78.3 cm³/mol. The number of benzene rings is 1. The Morgan fingerprint density at radius 2 is 2.19 bits per heavy atom. The number of hydrogen-bond acceptors (Lipinski definition) is 4. The van der Waals surface area contributed by atoms with E-state index in [-0.39, 0.29) is 22.0 Å². The number of nitrogens with zero attached hydrogens (tertiary/aromatic N) is 3. The average Bonchev–Trinajstić information content (AvgIpc) is 2.84. The van der Waals surface area contributed by atoms with Crippen LogP contribution in [0.5, 0.6) is 0 Å². The van der Waals surface area contributed by atoms with Gasteiger partial charge in [0.2, 0.25) is 10.0 Å². The van der Waals surface area contributed by atoms with Crippen LogP contribution in [0.15, 0.2) is 35.4 Å². The van der Waals surface area contributed by atoms with E-state index in [9.17, 15) is 8.42 Å². The lowest BCUT2D eigenvalue weighted by atomic mass is 10.2. The third kappa shape index (κ3) is 3.82. The molecule has 0 unspecified atom stereocenters. The molecule has 6 nitrogen and oxygen atoms in total. The minimum Gasteiger partial charge on any atom is -0.276 e. The molecule has 0 amide bonds. The van der Waals surface area contributed by atoms with Gasteiger partial charge < -0.3 is 0 Å². The fourth-order valence-corrected chi connectivity index (χ4v) is 3.09. The first-order valence-corrected chi connectivity index (χ1v) is 7.96. The molecule has 0 radical (unpaired) electrons. The molecule has 21 heavy (non-hydrogen) atoms. The number of aromatic nitrogens is 2. The van der Waals surface area contributed by atoms with E-state index in [1.54, 1.807) is 17.9 Å². The average molecular weight is 325 g/mol. The molecule has 2 aromatic rings. The lowest BCUT2D eigenvalue weighted by molar-refractivity contribution is 0.581. The van der Waals surface area contributed by atoms with Gasteiger partial charge in [0.1, 0.15) is 6.07 Å². The van der Waals surface area contributed by atoms with Crippen molar-refractivity contribution >= 4 is 21.6 Å². The molecular weight excluding hydrogens is 312 g/mol. The first kappa shape index (κ1) is 15.5. The number of hydrogen-bond donors (Lipinski definition) is 1. The van der Waals surface area contributed by atoms with E-state index in [0.29, 0.717) is 6.42 Å². The molecule has 1 aromatic carbocycles. The van der Waals surface area contributed by atoms with Crippen LogP contribution in [0.2, 0.25) is 5.02 Å². The molecule has 1 aromatic heterocycles. The van der Waals surface area contributed by atoms with Gasteiger partial charge in [0.05, 0.1) is 21.2 Å². The smallest absolute Gasteiger partial charge is 0.240 e. The molecule has 0 fully saturated rings. The highest BCUT2D eigenvalue weighted by molar-refractivity contribution is 7.89. The fourth-order valence-electron chi connectivity index (χ4n) is 1.75. The Labute approximate surface area is 128 Å². The second kappa shape index (κ2) is 6.26. The fraction of sp³-hybridized carbons (Fsp3) is 0.231. The van der Waals surface area contributed by atoms with Gasteiger partial charge in [-0.05, 0) is 24.3 Å². The molecule has 0 aliphatic heterocycles. The molecule has 110 valence electrons. The van der Waals surface area contributed by atoms with Gasteiger partial charge in [0, 0.05) is 26.2 Å². The van der Waals surface area contributed by atoms with Crippen molar-refractivity contribution in [2.45, 2.75) is 11.3 Å². The maximum absolute atomic E-state index is 12.1. The van der Waals surface area contributed by atoms with Gasteiger partial charge in [0.15, 0.2) is 0 Å². The molecule has 2 rings (SSSR count). The molecule has 0 bridgehead atoms. The SMILES string of the molecule is Cn1ccc(CCNS(=O)(=O)c2ccc(C#N)c(Cl)c2)n1. The van der Waals surface area contributed by atoms with E-state index >= 15 is 0 Å². The molecule has 0 aliphatic carbocycles. The monoisotopic (exact) mass is 324 g/mol. The van der Waals surface area contributed by atoms with E-state index < -0.39 is 10.0 Å². The van der Waals surface area contributed by atoms with Gasteiger partial charge in [-0.15, -0.1) is 0 Å². The summed E-state index contributed by atoms with van der Waals surface area (Å²) >= 11 is 5.84. The minimum absolute atomic E-state index is 0.0347. The van der Waals surface area contributed by atoms with Crippen LogP contribution in [0, 0.1) is 11.3 Å². The molecular formula is C13H13ClN4O2S. The van der Waals surface area contributed by atoms with Crippen molar-refractivity contribution in [3.8, 4) is 6.07 Å². The summed E-state index contributed by atoms with van der Waals surface area (Å²) in [6.07, 6.45) is 2.29. The Bertz CT molecular complexity index is 793. The van der Waals surface area contributed by atoms with Crippen molar-refractivity contribution in [3.63, 3.8) is 0 Å². The molecule has 0 spiro atoms. The third-order valence-corrected chi connectivity index (χ3v) is 4.58. The number of aryl methyl sites for hydroxylation is 1. The highest BCUT2D eigenvalue weighted by atomic mass is 35.5. The zero-order valence-electron chi connectivity index (χ0n) is 11.2. The van der Waals surface area contributed by atoms with Crippen molar-refractivity contribution in [2.75, 3.05) is 6.54 Å². The summed E-state index contributed by atoms with van der Waals surface area (Å²) in [6.45, 7) is 0.233. The third-order valence-electron chi connectivity index (χ3n) is 2.81. The van der Waals surface area contributed by atoms with Gasteiger partial charge in [-0.25, -0.2) is 13.1 Å². The molecule has 8 heteroatoms. The summed E-state index contributed by atoms with van der Waals surface area (Å²) in [7, 11) is -1.85. The van der Waals surface area contributed by atoms with Crippen LogP contribution in [0.4, 0.5) is 0 Å². The standard InChI is InChI=1S/C13H13ClN4O2S/c1-18-7-5-11(17-18)4-6-16-21(19,20)12-3-2-10(9-15)13(14)8-12/h2-3,5,7-8,16H,4,6H2,1H3. The molecule has 1 heterocycles. The van der Waals surface area contributed by atoms with Gasteiger partial charge in [-0.2, -0.15) is 10.4 Å². The van der Waals surface area contributed by atoms with Crippen LogP contribution in [-0.4, -0.2) is 24.7 Å². The molecule has 0 aliphatic rings. The van der Waals surface area contributed by atoms with Crippen molar-refractivity contribution in [1.82, 2.24) is 14.5 Å². The number of halogens is 1. The number of rotatable bonds is 5. The number of nitrogens with one attached hydrogen (secondary N) is 1. The molecule has 1 N–H and O–H groups in total. The summed E-state index contributed by atoms with van der Waals surface area (Å²) in [6, 6.07) is 7.72. The molecule has 0 saturated heterocycles. The first-order chi connectivity index (χ1) is 9.92. The van der Waals surface area contributed by atoms with Crippen LogP contribution in [-0.2, 0) is 23.5 Å². The van der Waals surface area contributed by atoms with Crippen molar-refractivity contribution in [1.29, 1.82) is 5.26 Å². The van der Waals surface area contributed by atoms with Gasteiger partial charge >= 0.3 is 0 Å². The number of sulfonamides is 1. The van der Waals surface area contributed by atoms with E-state index in [1.165, 1.54) is 18.2 Å². The lowest BCUT2D eigenvalue weighted by Crippen LogP contribution is -2.26. The number of nitriles is 1. The summed E-state index contributed by atoms with van der Waals surface area (Å²) in [5.74, 6) is 0. The second-order valence-corrected chi connectivity index (χ2v) is 6.56. The van der Waals surface area contributed by atoms with E-state index in [0.717, 1.165) is 5.69 Å². The molecule has 0 atom stereocenters. The first-order valence-electron chi connectivity index (χ1n) is 6.10. The van der Waals surface area contributed by atoms with Crippen LogP contribution in [0.3, 0.4) is 0 Å². The zero-order valence-corrected chi connectivity index (χ0v) is 12.8. The van der Waals surface area contributed by atoms with Crippen LogP contribution >= 0.6 is 11.6 Å². The Balaban J connectivity index is 2.05. The highest BCUT2D eigenvalue weighted by Gasteiger charge is 2.15. The van der Waals surface area contributed by atoms with Gasteiger partial charge in [-0.3, -0.25) is 4.68 Å². The molecule has 0 saturated carbocycles. The zero-order chi connectivity index (χ0) is 15.5. The van der Waals surface area contributed by atoms with E-state index in [4.69, 9.17) is 16.9 Å². The largest absolute Gasteiger partial charge is 0.276 e. The van der Waals surface area contributed by atoms with Crippen LogP contribution in [0.1, 0.15) is 11.3 Å². The van der Waals surface area contributed by atoms with Crippen LogP contribution < -0.4 is 4.72 Å². The summed E-state index contributed by atoms with van der Waals surface area (Å²) in [5, 5.41) is 13.1. The lowest BCUT2D eigenvalue weighted by Gasteiger charge is -2.06. The summed E-state index contributed by atoms with van der Waals surface area (Å²) in [5.41, 5.74) is 1.04. The highest BCUT2D eigenvalue weighted by Crippen LogP contribution is 2.19. The summed E-state index contributed by atoms with van der Waals surface area (Å²) < 4.78 is 28.3. The predicted octanol–water partition coefficient (Wildman–Crippen LogP) is 1.47. The Morgan fingerprint density at radius 3 is 2.76 bits per heavy atom. The maximum atomic E-state index is 12.1. The quantitative estimate of drug-likeness (QED) is 0.902. The Kier molecular flexibility index (Phi) is 4.63. The Morgan fingerprint density at radius 1 is 1.43 bits per heavy atom. The minimum atomic E-state index is -3.65. The topological polar surface area (TPSA) is 87.8 Å². The second-order valence-electron chi connectivity index (χ2n) is 4.38. The van der Waals surface area contributed by atoms with E-state index in [1.807, 2.05) is 12.1 Å². The van der Waals surface area contributed by atoms with Gasteiger partial charge in [0.25, 0.3) is 0 Å². The normalized spacial score (nSPS) is 11.3.